The van der Waals surface area contributed by atoms with E-state index in [1.54, 1.807) is 24.3 Å². The van der Waals surface area contributed by atoms with Crippen molar-refractivity contribution in [2.45, 2.75) is 19.4 Å². The molecule has 78 valence electrons. The molecule has 1 atom stereocenters. The lowest BCUT2D eigenvalue weighted by Gasteiger charge is -2.10. The van der Waals surface area contributed by atoms with E-state index in [1.807, 2.05) is 6.92 Å². The van der Waals surface area contributed by atoms with Gasteiger partial charge in [-0.15, -0.1) is 0 Å². The predicted molar refractivity (Wildman–Crippen MR) is 58.3 cm³/mol. The van der Waals surface area contributed by atoms with Crippen LogP contribution >= 0.6 is 0 Å². The smallest absolute Gasteiger partial charge is 0.248 e. The first kappa shape index (κ1) is 11.1. The molecule has 15 heavy (non-hydrogen) atoms. The number of nitrogens with zero attached hydrogens (tertiary/aromatic N) is 1. The normalized spacial score (nSPS) is 11.5. The fraction of sp³-hybridized carbons (Fsp3) is 0.273. The second-order valence-corrected chi connectivity index (χ2v) is 3.18. The van der Waals surface area contributed by atoms with Crippen LogP contribution in [0.3, 0.4) is 0 Å². The Bertz CT molecular complexity index is 378. The molecule has 3 N–H and O–H groups in total. The molecule has 0 aliphatic carbocycles. The Kier molecular flexibility index (Phi) is 3.69. The number of benzene rings is 1. The number of carbonyl (C=O) groups is 1. The molecule has 1 unspecified atom stereocenters. The molecule has 1 rings (SSSR count). The van der Waals surface area contributed by atoms with Crippen molar-refractivity contribution < 1.29 is 4.79 Å². The van der Waals surface area contributed by atoms with E-state index in [1.165, 1.54) is 0 Å². The number of anilines is 1. The Labute approximate surface area is 88.7 Å². The number of nitrogens with two attached hydrogens (primary N) is 1. The van der Waals surface area contributed by atoms with Crippen molar-refractivity contribution in [1.29, 1.82) is 5.26 Å². The highest BCUT2D eigenvalue weighted by Crippen LogP contribution is 2.11. The van der Waals surface area contributed by atoms with Crippen molar-refractivity contribution in [3.8, 4) is 6.07 Å². The fourth-order valence-electron chi connectivity index (χ4n) is 1.16. The summed E-state index contributed by atoms with van der Waals surface area (Å²) in [5.74, 6) is -0.450. The lowest BCUT2D eigenvalue weighted by Crippen LogP contribution is -2.16. The van der Waals surface area contributed by atoms with Crippen molar-refractivity contribution in [2.24, 2.45) is 5.73 Å². The summed E-state index contributed by atoms with van der Waals surface area (Å²) in [5.41, 5.74) is 6.38. The van der Waals surface area contributed by atoms with E-state index in [2.05, 4.69) is 11.4 Å². The van der Waals surface area contributed by atoms with Gasteiger partial charge in [0.25, 0.3) is 0 Å². The molecule has 4 nitrogen and oxygen atoms in total. The van der Waals surface area contributed by atoms with Gasteiger partial charge in [0, 0.05) is 11.3 Å². The lowest BCUT2D eigenvalue weighted by atomic mass is 10.2. The third-order valence-corrected chi connectivity index (χ3v) is 2.07. The number of primary amides is 1. The summed E-state index contributed by atoms with van der Waals surface area (Å²) in [7, 11) is 0. The number of hydrogen-bond acceptors (Lipinski definition) is 3. The molecule has 0 bridgehead atoms. The molecule has 0 saturated carbocycles. The van der Waals surface area contributed by atoms with Gasteiger partial charge in [-0.3, -0.25) is 4.79 Å². The maximum atomic E-state index is 10.8. The molecule has 0 heterocycles. The lowest BCUT2D eigenvalue weighted by molar-refractivity contribution is 0.100. The summed E-state index contributed by atoms with van der Waals surface area (Å²) in [6.45, 7) is 1.93. The van der Waals surface area contributed by atoms with E-state index < -0.39 is 5.91 Å². The molecule has 0 fully saturated rings. The van der Waals surface area contributed by atoms with Gasteiger partial charge in [-0.05, 0) is 30.7 Å². The summed E-state index contributed by atoms with van der Waals surface area (Å²) in [6.07, 6.45) is 0.730. The minimum absolute atomic E-state index is 0.204. The minimum atomic E-state index is -0.450. The SMILES string of the molecule is CCC(C#N)Nc1ccc(C(N)=O)cc1. The number of amides is 1. The molecule has 0 aromatic heterocycles. The maximum absolute atomic E-state index is 10.8. The minimum Gasteiger partial charge on any atom is -0.370 e. The van der Waals surface area contributed by atoms with Crippen LogP contribution in [0.5, 0.6) is 0 Å². The number of hydrogen-bond donors (Lipinski definition) is 2. The number of nitrogens with one attached hydrogen (secondary N) is 1. The van der Waals surface area contributed by atoms with Gasteiger partial charge in [0.15, 0.2) is 0 Å². The topological polar surface area (TPSA) is 78.9 Å². The van der Waals surface area contributed by atoms with Crippen LogP contribution in [0.1, 0.15) is 23.7 Å². The highest BCUT2D eigenvalue weighted by Gasteiger charge is 2.04. The van der Waals surface area contributed by atoms with Crippen molar-refractivity contribution in [1.82, 2.24) is 0 Å². The van der Waals surface area contributed by atoms with E-state index in [-0.39, 0.29) is 6.04 Å². The van der Waals surface area contributed by atoms with E-state index in [0.717, 1.165) is 12.1 Å². The van der Waals surface area contributed by atoms with Crippen LogP contribution in [-0.4, -0.2) is 11.9 Å². The van der Waals surface area contributed by atoms with Crippen molar-refractivity contribution in [3.63, 3.8) is 0 Å². The van der Waals surface area contributed by atoms with E-state index >= 15 is 0 Å². The van der Waals surface area contributed by atoms with Crippen molar-refractivity contribution in [2.75, 3.05) is 5.32 Å². The van der Waals surface area contributed by atoms with Gasteiger partial charge in [0.1, 0.15) is 6.04 Å². The zero-order chi connectivity index (χ0) is 11.3. The third kappa shape index (κ3) is 2.99. The average Bonchev–Trinajstić information content (AvgIpc) is 2.26. The Morgan fingerprint density at radius 3 is 2.53 bits per heavy atom. The predicted octanol–water partition coefficient (Wildman–Crippen LogP) is 1.50. The van der Waals surface area contributed by atoms with Gasteiger partial charge in [0.05, 0.1) is 6.07 Å². The van der Waals surface area contributed by atoms with Crippen LogP contribution in [0.25, 0.3) is 0 Å². The van der Waals surface area contributed by atoms with Crippen LogP contribution in [0, 0.1) is 11.3 Å². The molecule has 4 heteroatoms. The second-order valence-electron chi connectivity index (χ2n) is 3.18. The van der Waals surface area contributed by atoms with Gasteiger partial charge in [-0.25, -0.2) is 0 Å². The maximum Gasteiger partial charge on any atom is 0.248 e. The van der Waals surface area contributed by atoms with Crippen LogP contribution in [0.15, 0.2) is 24.3 Å². The van der Waals surface area contributed by atoms with Gasteiger partial charge in [0.2, 0.25) is 5.91 Å². The fourth-order valence-corrected chi connectivity index (χ4v) is 1.16. The monoisotopic (exact) mass is 203 g/mol. The molecule has 1 amide bonds. The Morgan fingerprint density at radius 1 is 1.53 bits per heavy atom. The van der Waals surface area contributed by atoms with E-state index in [0.29, 0.717) is 5.56 Å². The molecule has 0 radical (unpaired) electrons. The number of nitriles is 1. The molecule has 0 aliphatic rings. The average molecular weight is 203 g/mol. The highest BCUT2D eigenvalue weighted by molar-refractivity contribution is 5.93. The van der Waals surface area contributed by atoms with Crippen molar-refractivity contribution >= 4 is 11.6 Å². The number of carbonyl (C=O) groups excluding carboxylic acids is 1. The van der Waals surface area contributed by atoms with Gasteiger partial charge in [-0.1, -0.05) is 6.92 Å². The zero-order valence-corrected chi connectivity index (χ0v) is 8.53. The summed E-state index contributed by atoms with van der Waals surface area (Å²) < 4.78 is 0. The van der Waals surface area contributed by atoms with Crippen LogP contribution < -0.4 is 11.1 Å². The Hall–Kier alpha value is -2.02. The van der Waals surface area contributed by atoms with Gasteiger partial charge in [-0.2, -0.15) is 5.26 Å². The Morgan fingerprint density at radius 2 is 2.13 bits per heavy atom. The van der Waals surface area contributed by atoms with Crippen LogP contribution in [0.4, 0.5) is 5.69 Å². The standard InChI is InChI=1S/C11H13N3O/c1-2-9(7-12)14-10-5-3-8(4-6-10)11(13)15/h3-6,9,14H,2H2,1H3,(H2,13,15). The zero-order valence-electron chi connectivity index (χ0n) is 8.53. The highest BCUT2D eigenvalue weighted by atomic mass is 16.1. The molecular formula is C11H13N3O. The van der Waals surface area contributed by atoms with Gasteiger partial charge >= 0.3 is 0 Å². The summed E-state index contributed by atoms with van der Waals surface area (Å²) in [4.78, 5) is 10.8. The number of rotatable bonds is 4. The quantitative estimate of drug-likeness (QED) is 0.778. The first-order chi connectivity index (χ1) is 7.17. The summed E-state index contributed by atoms with van der Waals surface area (Å²) in [6, 6.07) is 8.67. The molecule has 0 saturated heterocycles. The first-order valence-electron chi connectivity index (χ1n) is 4.73. The van der Waals surface area contributed by atoms with Crippen LogP contribution in [-0.2, 0) is 0 Å². The molecular weight excluding hydrogens is 190 g/mol. The Balaban J connectivity index is 2.73. The summed E-state index contributed by atoms with van der Waals surface area (Å²) in [5, 5.41) is 11.8. The molecule has 1 aromatic carbocycles. The third-order valence-electron chi connectivity index (χ3n) is 2.07. The molecule has 1 aromatic rings. The van der Waals surface area contributed by atoms with Crippen molar-refractivity contribution in [3.05, 3.63) is 29.8 Å². The van der Waals surface area contributed by atoms with E-state index in [4.69, 9.17) is 11.0 Å². The molecule has 0 aliphatic heterocycles. The summed E-state index contributed by atoms with van der Waals surface area (Å²) >= 11 is 0. The molecule has 0 spiro atoms. The van der Waals surface area contributed by atoms with E-state index in [9.17, 15) is 4.79 Å². The van der Waals surface area contributed by atoms with Gasteiger partial charge < -0.3 is 11.1 Å². The van der Waals surface area contributed by atoms with Crippen LogP contribution in [0.2, 0.25) is 0 Å². The largest absolute Gasteiger partial charge is 0.370 e. The first-order valence-corrected chi connectivity index (χ1v) is 4.73. The second kappa shape index (κ2) is 5.01.